The molecule has 6 nitrogen and oxygen atoms in total. The van der Waals surface area contributed by atoms with Gasteiger partial charge in [0, 0.05) is 52.5 Å². The maximum Gasteiger partial charge on any atom is 0.191 e. The summed E-state index contributed by atoms with van der Waals surface area (Å²) in [7, 11) is 4.03. The number of guanidine groups is 1. The van der Waals surface area contributed by atoms with Gasteiger partial charge in [-0.3, -0.25) is 4.99 Å². The lowest BCUT2D eigenvalue weighted by Crippen LogP contribution is -2.44. The van der Waals surface area contributed by atoms with E-state index in [-0.39, 0.29) is 24.0 Å². The highest BCUT2D eigenvalue weighted by Gasteiger charge is 2.18. The van der Waals surface area contributed by atoms with Gasteiger partial charge < -0.3 is 20.4 Å². The standard InChI is InChI=1S/C22H38N6.HI/c1-18-5-4-6-19(15-18)7-10-25-22(23-2)26-17-20-8-9-24-21(16-20)28-13-11-27(3)12-14-28;/h8-9,16,18-19H,4-7,10-15,17H2,1-3H3,(H2,23,25,26);1H. The summed E-state index contributed by atoms with van der Waals surface area (Å²) in [5, 5.41) is 6.95. The largest absolute Gasteiger partial charge is 0.356 e. The number of halogens is 1. The Labute approximate surface area is 194 Å². The predicted molar refractivity (Wildman–Crippen MR) is 133 cm³/mol. The van der Waals surface area contributed by atoms with Crippen LogP contribution in [0.1, 0.15) is 44.6 Å². The summed E-state index contributed by atoms with van der Waals surface area (Å²) < 4.78 is 0. The fourth-order valence-electron chi connectivity index (χ4n) is 4.40. The quantitative estimate of drug-likeness (QED) is 0.347. The zero-order valence-corrected chi connectivity index (χ0v) is 20.7. The van der Waals surface area contributed by atoms with E-state index in [1.165, 1.54) is 37.7 Å². The normalized spacial score (nSPS) is 23.4. The minimum Gasteiger partial charge on any atom is -0.356 e. The Morgan fingerprint density at radius 3 is 2.72 bits per heavy atom. The van der Waals surface area contributed by atoms with E-state index >= 15 is 0 Å². The van der Waals surface area contributed by atoms with E-state index in [1.807, 2.05) is 13.2 Å². The van der Waals surface area contributed by atoms with Crippen molar-refractivity contribution in [1.82, 2.24) is 20.5 Å². The summed E-state index contributed by atoms with van der Waals surface area (Å²) in [4.78, 5) is 13.7. The first-order valence-electron chi connectivity index (χ1n) is 11.0. The molecule has 2 unspecified atom stereocenters. The number of aromatic nitrogens is 1. The smallest absolute Gasteiger partial charge is 0.191 e. The molecule has 0 amide bonds. The van der Waals surface area contributed by atoms with Gasteiger partial charge >= 0.3 is 0 Å². The lowest BCUT2D eigenvalue weighted by molar-refractivity contribution is 0.270. The number of hydrogen-bond acceptors (Lipinski definition) is 4. The molecular formula is C22H39IN6. The number of rotatable bonds is 6. The fourth-order valence-corrected chi connectivity index (χ4v) is 4.40. The molecule has 2 N–H and O–H groups in total. The number of pyridine rings is 1. The maximum atomic E-state index is 4.58. The molecule has 0 bridgehead atoms. The molecule has 1 saturated heterocycles. The fraction of sp³-hybridized carbons (Fsp3) is 0.727. The summed E-state index contributed by atoms with van der Waals surface area (Å²) >= 11 is 0. The Morgan fingerprint density at radius 2 is 2.00 bits per heavy atom. The molecule has 1 saturated carbocycles. The molecule has 0 radical (unpaired) electrons. The number of anilines is 1. The van der Waals surface area contributed by atoms with Gasteiger partial charge in [-0.15, -0.1) is 24.0 Å². The lowest BCUT2D eigenvalue weighted by atomic mass is 9.81. The van der Waals surface area contributed by atoms with Crippen LogP contribution in [-0.2, 0) is 6.54 Å². The second kappa shape index (κ2) is 12.6. The Kier molecular flexibility index (Phi) is 10.5. The number of nitrogens with zero attached hydrogens (tertiary/aromatic N) is 4. The second-order valence-electron chi connectivity index (χ2n) is 8.59. The summed E-state index contributed by atoms with van der Waals surface area (Å²) in [5.74, 6) is 3.75. The van der Waals surface area contributed by atoms with Gasteiger partial charge in [0.2, 0.25) is 0 Å². The molecule has 29 heavy (non-hydrogen) atoms. The van der Waals surface area contributed by atoms with Crippen molar-refractivity contribution in [3.8, 4) is 0 Å². The first kappa shape index (κ1) is 24.2. The average molecular weight is 515 g/mol. The van der Waals surface area contributed by atoms with Crippen molar-refractivity contribution in [2.24, 2.45) is 16.8 Å². The van der Waals surface area contributed by atoms with E-state index in [1.54, 1.807) is 0 Å². The molecular weight excluding hydrogens is 475 g/mol. The van der Waals surface area contributed by atoms with Gasteiger partial charge in [0.25, 0.3) is 0 Å². The Bertz CT molecular complexity index is 629. The predicted octanol–water partition coefficient (Wildman–Crippen LogP) is 3.33. The van der Waals surface area contributed by atoms with E-state index in [9.17, 15) is 0 Å². The third-order valence-corrected chi connectivity index (χ3v) is 6.21. The molecule has 1 aliphatic carbocycles. The van der Waals surface area contributed by atoms with Gasteiger partial charge in [0.05, 0.1) is 0 Å². The minimum atomic E-state index is 0. The van der Waals surface area contributed by atoms with Crippen molar-refractivity contribution in [2.75, 3.05) is 51.7 Å². The Morgan fingerprint density at radius 1 is 1.21 bits per heavy atom. The van der Waals surface area contributed by atoms with Crippen LogP contribution in [0.5, 0.6) is 0 Å². The van der Waals surface area contributed by atoms with Gasteiger partial charge in [0.1, 0.15) is 5.82 Å². The summed E-state index contributed by atoms with van der Waals surface area (Å²) in [5.41, 5.74) is 1.24. The summed E-state index contributed by atoms with van der Waals surface area (Å²) in [6, 6.07) is 4.29. The number of hydrogen-bond donors (Lipinski definition) is 2. The van der Waals surface area contributed by atoms with Crippen LogP contribution < -0.4 is 15.5 Å². The number of aliphatic imine (C=N–C) groups is 1. The van der Waals surface area contributed by atoms with Gasteiger partial charge in [-0.25, -0.2) is 4.98 Å². The molecule has 3 rings (SSSR count). The average Bonchev–Trinajstić information content (AvgIpc) is 2.71. The van der Waals surface area contributed by atoms with E-state index in [4.69, 9.17) is 0 Å². The van der Waals surface area contributed by atoms with Crippen LogP contribution in [0.15, 0.2) is 23.3 Å². The van der Waals surface area contributed by atoms with Crippen LogP contribution in [0, 0.1) is 11.8 Å². The van der Waals surface area contributed by atoms with Gasteiger partial charge in [-0.05, 0) is 49.4 Å². The topological polar surface area (TPSA) is 55.8 Å². The third kappa shape index (κ3) is 7.92. The number of likely N-dealkylation sites (N-methyl/N-ethyl adjacent to an activating group) is 1. The third-order valence-electron chi connectivity index (χ3n) is 6.21. The van der Waals surface area contributed by atoms with Crippen molar-refractivity contribution in [3.05, 3.63) is 23.9 Å². The first-order chi connectivity index (χ1) is 13.6. The molecule has 1 aromatic rings. The molecule has 2 heterocycles. The van der Waals surface area contributed by atoms with Crippen molar-refractivity contribution < 1.29 is 0 Å². The van der Waals surface area contributed by atoms with E-state index < -0.39 is 0 Å². The van der Waals surface area contributed by atoms with Crippen LogP contribution >= 0.6 is 24.0 Å². The van der Waals surface area contributed by atoms with Crippen molar-refractivity contribution in [2.45, 2.75) is 45.6 Å². The number of nitrogens with one attached hydrogen (secondary N) is 2. The highest BCUT2D eigenvalue weighted by Crippen LogP contribution is 2.30. The Balaban J connectivity index is 0.00000300. The molecule has 7 heteroatoms. The highest BCUT2D eigenvalue weighted by atomic mass is 127. The summed E-state index contributed by atoms with van der Waals surface area (Å²) in [6.07, 6.45) is 8.76. The maximum absolute atomic E-state index is 4.58. The Hall–Kier alpha value is -1.09. The van der Waals surface area contributed by atoms with E-state index in [0.717, 1.165) is 62.9 Å². The molecule has 1 aromatic heterocycles. The van der Waals surface area contributed by atoms with E-state index in [0.29, 0.717) is 0 Å². The van der Waals surface area contributed by atoms with Crippen LogP contribution in [0.4, 0.5) is 5.82 Å². The van der Waals surface area contributed by atoms with E-state index in [2.05, 4.69) is 56.5 Å². The van der Waals surface area contributed by atoms with Crippen molar-refractivity contribution in [1.29, 1.82) is 0 Å². The van der Waals surface area contributed by atoms with Gasteiger partial charge in [-0.1, -0.05) is 26.2 Å². The summed E-state index contributed by atoms with van der Waals surface area (Å²) in [6.45, 7) is 8.45. The van der Waals surface area contributed by atoms with Crippen LogP contribution in [-0.4, -0.2) is 62.7 Å². The first-order valence-corrected chi connectivity index (χ1v) is 11.0. The SMILES string of the molecule is CN=C(NCCC1CCCC(C)C1)NCc1ccnc(N2CCN(C)CC2)c1.I. The molecule has 164 valence electrons. The zero-order valence-electron chi connectivity index (χ0n) is 18.4. The zero-order chi connectivity index (χ0) is 19.8. The molecule has 2 atom stereocenters. The second-order valence-corrected chi connectivity index (χ2v) is 8.59. The minimum absolute atomic E-state index is 0. The van der Waals surface area contributed by atoms with Gasteiger partial charge in [0.15, 0.2) is 5.96 Å². The van der Waals surface area contributed by atoms with Crippen LogP contribution in [0.2, 0.25) is 0 Å². The van der Waals surface area contributed by atoms with Crippen molar-refractivity contribution in [3.63, 3.8) is 0 Å². The van der Waals surface area contributed by atoms with Gasteiger partial charge in [-0.2, -0.15) is 0 Å². The van der Waals surface area contributed by atoms with Crippen LogP contribution in [0.25, 0.3) is 0 Å². The molecule has 2 fully saturated rings. The highest BCUT2D eigenvalue weighted by molar-refractivity contribution is 14.0. The monoisotopic (exact) mass is 514 g/mol. The van der Waals surface area contributed by atoms with Crippen LogP contribution in [0.3, 0.4) is 0 Å². The lowest BCUT2D eigenvalue weighted by Gasteiger charge is -2.33. The molecule has 0 aromatic carbocycles. The molecule has 0 spiro atoms. The molecule has 1 aliphatic heterocycles. The molecule has 2 aliphatic rings. The number of piperazine rings is 1. The van der Waals surface area contributed by atoms with Crippen molar-refractivity contribution >= 4 is 35.8 Å².